The molecule has 0 spiro atoms. The number of anilines is 1. The van der Waals surface area contributed by atoms with Crippen molar-refractivity contribution in [3.63, 3.8) is 0 Å². The molecule has 1 aliphatic heterocycles. The molecule has 106 valence electrons. The van der Waals surface area contributed by atoms with Gasteiger partial charge in [-0.1, -0.05) is 31.2 Å². The standard InChI is InChI=1S/C16H20N2O2/c1-11-9-18(7-6-15(11)20)16-14-5-3-2-4-12(14)8-13(10-19)17-16/h2-5,8,11,15,19-20H,6-7,9-10H2,1H3. The Labute approximate surface area is 118 Å². The van der Waals surface area contributed by atoms with Gasteiger partial charge in [-0.25, -0.2) is 4.98 Å². The third-order valence-corrected chi connectivity index (χ3v) is 4.09. The quantitative estimate of drug-likeness (QED) is 0.877. The summed E-state index contributed by atoms with van der Waals surface area (Å²) in [6.45, 7) is 3.61. The van der Waals surface area contributed by atoms with E-state index >= 15 is 0 Å². The molecule has 1 aromatic carbocycles. The zero-order valence-electron chi connectivity index (χ0n) is 11.7. The van der Waals surface area contributed by atoms with Gasteiger partial charge in [0.25, 0.3) is 0 Å². The monoisotopic (exact) mass is 272 g/mol. The summed E-state index contributed by atoms with van der Waals surface area (Å²) in [6.07, 6.45) is 0.541. The van der Waals surface area contributed by atoms with Crippen LogP contribution in [0.4, 0.5) is 5.82 Å². The van der Waals surface area contributed by atoms with Gasteiger partial charge in [0.2, 0.25) is 0 Å². The first-order valence-corrected chi connectivity index (χ1v) is 7.11. The molecule has 0 aliphatic carbocycles. The van der Waals surface area contributed by atoms with Gasteiger partial charge in [0.05, 0.1) is 18.4 Å². The average Bonchev–Trinajstić information content (AvgIpc) is 2.49. The number of aliphatic hydroxyl groups is 2. The van der Waals surface area contributed by atoms with Crippen LogP contribution < -0.4 is 4.90 Å². The van der Waals surface area contributed by atoms with Crippen molar-refractivity contribution in [2.45, 2.75) is 26.1 Å². The molecule has 2 atom stereocenters. The Bertz CT molecular complexity index is 614. The van der Waals surface area contributed by atoms with Gasteiger partial charge in [0.15, 0.2) is 0 Å². The summed E-state index contributed by atoms with van der Waals surface area (Å²) >= 11 is 0. The van der Waals surface area contributed by atoms with E-state index in [1.165, 1.54) is 0 Å². The molecule has 1 fully saturated rings. The first kappa shape index (κ1) is 13.3. The minimum Gasteiger partial charge on any atom is -0.393 e. The zero-order valence-corrected chi connectivity index (χ0v) is 11.7. The van der Waals surface area contributed by atoms with Crippen molar-refractivity contribution in [3.05, 3.63) is 36.0 Å². The van der Waals surface area contributed by atoms with Gasteiger partial charge in [-0.15, -0.1) is 0 Å². The number of pyridine rings is 1. The second-order valence-electron chi connectivity index (χ2n) is 5.60. The highest BCUT2D eigenvalue weighted by atomic mass is 16.3. The number of nitrogens with zero attached hydrogens (tertiary/aromatic N) is 2. The van der Waals surface area contributed by atoms with Crippen LogP contribution in [0.5, 0.6) is 0 Å². The van der Waals surface area contributed by atoms with Crippen molar-refractivity contribution in [2.24, 2.45) is 5.92 Å². The lowest BCUT2D eigenvalue weighted by Crippen LogP contribution is -2.42. The van der Waals surface area contributed by atoms with Crippen LogP contribution in [0.2, 0.25) is 0 Å². The number of piperidine rings is 1. The van der Waals surface area contributed by atoms with Crippen LogP contribution in [0.15, 0.2) is 30.3 Å². The first-order chi connectivity index (χ1) is 9.69. The predicted octanol–water partition coefficient (Wildman–Crippen LogP) is 1.93. The van der Waals surface area contributed by atoms with Crippen LogP contribution >= 0.6 is 0 Å². The second-order valence-corrected chi connectivity index (χ2v) is 5.60. The Balaban J connectivity index is 2.05. The van der Waals surface area contributed by atoms with E-state index < -0.39 is 0 Å². The molecular formula is C16H20N2O2. The summed E-state index contributed by atoms with van der Waals surface area (Å²) in [6, 6.07) is 10.0. The molecule has 1 saturated heterocycles. The minimum atomic E-state index is -0.224. The average molecular weight is 272 g/mol. The maximum absolute atomic E-state index is 9.87. The molecule has 0 amide bonds. The number of benzene rings is 1. The Morgan fingerprint density at radius 2 is 2.15 bits per heavy atom. The van der Waals surface area contributed by atoms with E-state index in [0.29, 0.717) is 5.69 Å². The second kappa shape index (κ2) is 5.38. The molecule has 2 heterocycles. The highest BCUT2D eigenvalue weighted by molar-refractivity contribution is 5.92. The molecule has 20 heavy (non-hydrogen) atoms. The van der Waals surface area contributed by atoms with Gasteiger partial charge in [0.1, 0.15) is 5.82 Å². The first-order valence-electron chi connectivity index (χ1n) is 7.11. The van der Waals surface area contributed by atoms with Gasteiger partial charge >= 0.3 is 0 Å². The van der Waals surface area contributed by atoms with E-state index in [0.717, 1.165) is 36.1 Å². The summed E-state index contributed by atoms with van der Waals surface area (Å²) in [7, 11) is 0. The van der Waals surface area contributed by atoms with Crippen LogP contribution in [-0.2, 0) is 6.61 Å². The van der Waals surface area contributed by atoms with E-state index in [-0.39, 0.29) is 18.6 Å². The van der Waals surface area contributed by atoms with Crippen LogP contribution in [0.25, 0.3) is 10.8 Å². The highest BCUT2D eigenvalue weighted by Crippen LogP contribution is 2.29. The number of aromatic nitrogens is 1. The van der Waals surface area contributed by atoms with E-state index in [2.05, 4.69) is 22.9 Å². The van der Waals surface area contributed by atoms with Gasteiger partial charge in [-0.05, 0) is 23.8 Å². The summed E-state index contributed by atoms with van der Waals surface area (Å²) in [5, 5.41) is 21.5. The molecule has 2 unspecified atom stereocenters. The summed E-state index contributed by atoms with van der Waals surface area (Å²) in [4.78, 5) is 6.82. The predicted molar refractivity (Wildman–Crippen MR) is 79.7 cm³/mol. The van der Waals surface area contributed by atoms with Crippen molar-refractivity contribution < 1.29 is 10.2 Å². The van der Waals surface area contributed by atoms with Crippen LogP contribution in [0.1, 0.15) is 19.0 Å². The molecule has 4 nitrogen and oxygen atoms in total. The lowest BCUT2D eigenvalue weighted by Gasteiger charge is -2.35. The Morgan fingerprint density at radius 3 is 2.90 bits per heavy atom. The normalized spacial score (nSPS) is 23.2. The number of fused-ring (bicyclic) bond motifs is 1. The van der Waals surface area contributed by atoms with Gasteiger partial charge in [-0.2, -0.15) is 0 Å². The van der Waals surface area contributed by atoms with Gasteiger partial charge in [-0.3, -0.25) is 0 Å². The maximum Gasteiger partial charge on any atom is 0.136 e. The summed E-state index contributed by atoms with van der Waals surface area (Å²) in [5.74, 6) is 1.16. The molecule has 2 aromatic rings. The Morgan fingerprint density at radius 1 is 1.35 bits per heavy atom. The Hall–Kier alpha value is -1.65. The SMILES string of the molecule is CC1CN(c2nc(CO)cc3ccccc23)CCC1O. The van der Waals surface area contributed by atoms with Crippen LogP contribution in [-0.4, -0.2) is 34.4 Å². The Kier molecular flexibility index (Phi) is 3.59. The number of aliphatic hydroxyl groups excluding tert-OH is 2. The van der Waals surface area contributed by atoms with E-state index in [4.69, 9.17) is 0 Å². The third-order valence-electron chi connectivity index (χ3n) is 4.09. The summed E-state index contributed by atoms with van der Waals surface area (Å²) in [5.41, 5.74) is 0.692. The molecule has 3 rings (SSSR count). The van der Waals surface area contributed by atoms with Gasteiger partial charge in [0, 0.05) is 18.5 Å². The number of hydrogen-bond acceptors (Lipinski definition) is 4. The molecular weight excluding hydrogens is 252 g/mol. The molecule has 0 radical (unpaired) electrons. The molecule has 2 N–H and O–H groups in total. The molecule has 0 bridgehead atoms. The third kappa shape index (κ3) is 2.37. The molecule has 1 aromatic heterocycles. The lowest BCUT2D eigenvalue weighted by atomic mass is 9.96. The van der Waals surface area contributed by atoms with Crippen molar-refractivity contribution in [1.82, 2.24) is 4.98 Å². The largest absolute Gasteiger partial charge is 0.393 e. The molecule has 4 heteroatoms. The fourth-order valence-electron chi connectivity index (χ4n) is 2.88. The highest BCUT2D eigenvalue weighted by Gasteiger charge is 2.26. The minimum absolute atomic E-state index is 0.0517. The lowest BCUT2D eigenvalue weighted by molar-refractivity contribution is 0.0969. The van der Waals surface area contributed by atoms with E-state index in [9.17, 15) is 10.2 Å². The number of rotatable bonds is 2. The topological polar surface area (TPSA) is 56.6 Å². The maximum atomic E-state index is 9.87. The van der Waals surface area contributed by atoms with E-state index in [1.54, 1.807) is 0 Å². The molecule has 1 aliphatic rings. The van der Waals surface area contributed by atoms with Crippen molar-refractivity contribution in [3.8, 4) is 0 Å². The number of hydrogen-bond donors (Lipinski definition) is 2. The van der Waals surface area contributed by atoms with Crippen molar-refractivity contribution >= 4 is 16.6 Å². The fraction of sp³-hybridized carbons (Fsp3) is 0.438. The molecule has 0 saturated carbocycles. The van der Waals surface area contributed by atoms with Crippen molar-refractivity contribution in [2.75, 3.05) is 18.0 Å². The van der Waals surface area contributed by atoms with Crippen molar-refractivity contribution in [1.29, 1.82) is 0 Å². The van der Waals surface area contributed by atoms with Crippen LogP contribution in [0, 0.1) is 5.92 Å². The van der Waals surface area contributed by atoms with Gasteiger partial charge < -0.3 is 15.1 Å². The summed E-state index contributed by atoms with van der Waals surface area (Å²) < 4.78 is 0. The smallest absolute Gasteiger partial charge is 0.136 e. The zero-order chi connectivity index (χ0) is 14.1. The fourth-order valence-corrected chi connectivity index (χ4v) is 2.88. The van der Waals surface area contributed by atoms with E-state index in [1.807, 2.05) is 24.3 Å². The van der Waals surface area contributed by atoms with Crippen LogP contribution in [0.3, 0.4) is 0 Å².